The highest BCUT2D eigenvalue weighted by Gasteiger charge is 2.13. The fraction of sp³-hybridized carbons (Fsp3) is 0.364. The molecule has 0 fully saturated rings. The molecule has 6 heteroatoms. The van der Waals surface area contributed by atoms with E-state index in [2.05, 4.69) is 0 Å². The lowest BCUT2D eigenvalue weighted by molar-refractivity contribution is -0.385. The molecule has 92 valence electrons. The van der Waals surface area contributed by atoms with Gasteiger partial charge in [-0.05, 0) is 19.4 Å². The normalized spacial score (nSPS) is 9.94. The molecule has 3 N–H and O–H groups in total. The quantitative estimate of drug-likeness (QED) is 0.259. The molecule has 0 saturated heterocycles. The van der Waals surface area contributed by atoms with Crippen molar-refractivity contribution in [2.24, 2.45) is 5.73 Å². The minimum absolute atomic E-state index is 0.0501. The lowest BCUT2D eigenvalue weighted by atomic mass is 10.2. The summed E-state index contributed by atoms with van der Waals surface area (Å²) in [6.07, 6.45) is 1.09. The van der Waals surface area contributed by atoms with Gasteiger partial charge in [0.1, 0.15) is 5.75 Å². The Balaban J connectivity index is 2.62. The summed E-state index contributed by atoms with van der Waals surface area (Å²) in [6.45, 7) is 2.04. The first kappa shape index (κ1) is 13.0. The lowest BCUT2D eigenvalue weighted by Gasteiger charge is -2.08. The van der Waals surface area contributed by atoms with Crippen LogP contribution in [0.5, 0.6) is 5.75 Å². The number of amidine groups is 1. The highest BCUT2D eigenvalue weighted by Crippen LogP contribution is 2.26. The Hall–Kier alpha value is -2.11. The average molecular weight is 237 g/mol. The van der Waals surface area contributed by atoms with Crippen molar-refractivity contribution >= 4 is 11.5 Å². The van der Waals surface area contributed by atoms with Crippen molar-refractivity contribution in [2.45, 2.75) is 19.8 Å². The Bertz CT molecular complexity index is 432. The van der Waals surface area contributed by atoms with Crippen LogP contribution in [0, 0.1) is 22.4 Å². The summed E-state index contributed by atoms with van der Waals surface area (Å²) in [5.74, 6) is 0.618. The maximum absolute atomic E-state index is 10.7. The zero-order valence-corrected chi connectivity index (χ0v) is 9.60. The van der Waals surface area contributed by atoms with E-state index in [9.17, 15) is 10.1 Å². The zero-order valence-electron chi connectivity index (χ0n) is 9.60. The Morgan fingerprint density at radius 3 is 2.88 bits per heavy atom. The topological polar surface area (TPSA) is 102 Å². The van der Waals surface area contributed by atoms with Gasteiger partial charge in [-0.15, -0.1) is 0 Å². The molecular weight excluding hydrogens is 222 g/mol. The molecule has 0 bridgehead atoms. The number of nitro benzene ring substituents is 1. The molecular formula is C11H15N3O3. The molecule has 0 aliphatic carbocycles. The predicted molar refractivity (Wildman–Crippen MR) is 64.5 cm³/mol. The van der Waals surface area contributed by atoms with Gasteiger partial charge in [-0.1, -0.05) is 6.07 Å². The fourth-order valence-corrected chi connectivity index (χ4v) is 1.40. The highest BCUT2D eigenvalue weighted by molar-refractivity contribution is 5.76. The van der Waals surface area contributed by atoms with Gasteiger partial charge in [0.2, 0.25) is 0 Å². The number of rotatable bonds is 6. The van der Waals surface area contributed by atoms with E-state index in [1.807, 2.05) is 0 Å². The summed E-state index contributed by atoms with van der Waals surface area (Å²) >= 11 is 0. The van der Waals surface area contributed by atoms with Gasteiger partial charge in [-0.25, -0.2) is 0 Å². The summed E-state index contributed by atoms with van der Waals surface area (Å²) in [5, 5.41) is 17.7. The van der Waals surface area contributed by atoms with E-state index < -0.39 is 4.92 Å². The molecule has 0 spiro atoms. The second-order valence-corrected chi connectivity index (χ2v) is 3.63. The molecule has 1 rings (SSSR count). The lowest BCUT2D eigenvalue weighted by Crippen LogP contribution is -2.11. The van der Waals surface area contributed by atoms with Crippen LogP contribution in [0.4, 0.5) is 5.69 Å². The smallest absolute Gasteiger partial charge is 0.276 e. The third-order valence-corrected chi connectivity index (χ3v) is 2.30. The van der Waals surface area contributed by atoms with Gasteiger partial charge in [-0.3, -0.25) is 15.5 Å². The van der Waals surface area contributed by atoms with E-state index in [1.165, 1.54) is 6.07 Å². The number of nitro groups is 1. The summed E-state index contributed by atoms with van der Waals surface area (Å²) in [4.78, 5) is 10.3. The largest absolute Gasteiger partial charge is 0.493 e. The van der Waals surface area contributed by atoms with E-state index in [4.69, 9.17) is 15.9 Å². The molecule has 0 amide bonds. The maximum atomic E-state index is 10.7. The van der Waals surface area contributed by atoms with Crippen LogP contribution in [0.3, 0.4) is 0 Å². The van der Waals surface area contributed by atoms with Crippen molar-refractivity contribution in [3.8, 4) is 5.75 Å². The Labute approximate surface area is 99.0 Å². The van der Waals surface area contributed by atoms with E-state index in [-0.39, 0.29) is 11.5 Å². The van der Waals surface area contributed by atoms with Gasteiger partial charge >= 0.3 is 0 Å². The van der Waals surface area contributed by atoms with Crippen LogP contribution in [-0.2, 0) is 0 Å². The van der Waals surface area contributed by atoms with Crippen LogP contribution in [0.15, 0.2) is 18.2 Å². The standard InChI is InChI=1S/C11H15N3O3/c1-8-9(14(15)16)4-2-5-10(8)17-7-3-6-11(12)13/h2,4-5H,3,6-7H2,1H3,(H3,12,13). The van der Waals surface area contributed by atoms with Crippen LogP contribution >= 0.6 is 0 Å². The first-order valence-electron chi connectivity index (χ1n) is 5.22. The van der Waals surface area contributed by atoms with Crippen molar-refractivity contribution < 1.29 is 9.66 Å². The van der Waals surface area contributed by atoms with Crippen LogP contribution in [0.25, 0.3) is 0 Å². The van der Waals surface area contributed by atoms with Crippen molar-refractivity contribution in [3.63, 3.8) is 0 Å². The van der Waals surface area contributed by atoms with Crippen molar-refractivity contribution in [3.05, 3.63) is 33.9 Å². The van der Waals surface area contributed by atoms with E-state index in [1.54, 1.807) is 19.1 Å². The molecule has 0 aliphatic heterocycles. The predicted octanol–water partition coefficient (Wildman–Crippen LogP) is 2.00. The molecule has 0 saturated carbocycles. The van der Waals surface area contributed by atoms with Gasteiger partial charge in [0, 0.05) is 12.5 Å². The molecule has 0 heterocycles. The second-order valence-electron chi connectivity index (χ2n) is 3.63. The molecule has 0 radical (unpaired) electrons. The molecule has 6 nitrogen and oxygen atoms in total. The second kappa shape index (κ2) is 5.83. The van der Waals surface area contributed by atoms with Crippen molar-refractivity contribution in [1.29, 1.82) is 5.41 Å². The molecule has 1 aromatic carbocycles. The first-order chi connectivity index (χ1) is 8.02. The third kappa shape index (κ3) is 3.75. The van der Waals surface area contributed by atoms with Gasteiger partial charge in [0.05, 0.1) is 22.9 Å². The molecule has 0 unspecified atom stereocenters. The SMILES string of the molecule is Cc1c(OCCCC(=N)N)cccc1[N+](=O)[O-]. The number of nitrogens with two attached hydrogens (primary N) is 1. The van der Waals surface area contributed by atoms with Crippen molar-refractivity contribution in [1.82, 2.24) is 0 Å². The van der Waals surface area contributed by atoms with E-state index in [0.717, 1.165) is 0 Å². The van der Waals surface area contributed by atoms with Crippen LogP contribution in [0.1, 0.15) is 18.4 Å². The number of nitrogens with one attached hydrogen (secondary N) is 1. The zero-order chi connectivity index (χ0) is 12.8. The summed E-state index contributed by atoms with van der Waals surface area (Å²) in [7, 11) is 0. The van der Waals surface area contributed by atoms with Crippen LogP contribution in [-0.4, -0.2) is 17.4 Å². The molecule has 0 aromatic heterocycles. The number of hydrogen-bond donors (Lipinski definition) is 2. The minimum atomic E-state index is -0.433. The van der Waals surface area contributed by atoms with Gasteiger partial charge in [0.15, 0.2) is 0 Å². The Kier molecular flexibility index (Phi) is 4.45. The average Bonchev–Trinajstić information content (AvgIpc) is 2.25. The summed E-state index contributed by atoms with van der Waals surface area (Å²) in [6, 6.07) is 4.72. The molecule has 17 heavy (non-hydrogen) atoms. The summed E-state index contributed by atoms with van der Waals surface area (Å²) in [5.41, 5.74) is 5.77. The summed E-state index contributed by atoms with van der Waals surface area (Å²) < 4.78 is 5.42. The number of ether oxygens (including phenoxy) is 1. The molecule has 0 aliphatic rings. The Morgan fingerprint density at radius 2 is 2.29 bits per heavy atom. The third-order valence-electron chi connectivity index (χ3n) is 2.30. The number of hydrogen-bond acceptors (Lipinski definition) is 4. The minimum Gasteiger partial charge on any atom is -0.493 e. The highest BCUT2D eigenvalue weighted by atomic mass is 16.6. The van der Waals surface area contributed by atoms with Gasteiger partial charge in [0.25, 0.3) is 5.69 Å². The van der Waals surface area contributed by atoms with E-state index in [0.29, 0.717) is 30.8 Å². The monoisotopic (exact) mass is 237 g/mol. The fourth-order valence-electron chi connectivity index (χ4n) is 1.40. The van der Waals surface area contributed by atoms with Gasteiger partial charge in [-0.2, -0.15) is 0 Å². The van der Waals surface area contributed by atoms with Gasteiger partial charge < -0.3 is 10.5 Å². The maximum Gasteiger partial charge on any atom is 0.276 e. The number of benzene rings is 1. The van der Waals surface area contributed by atoms with Crippen LogP contribution < -0.4 is 10.5 Å². The van der Waals surface area contributed by atoms with Crippen molar-refractivity contribution in [2.75, 3.05) is 6.61 Å². The van der Waals surface area contributed by atoms with Crippen LogP contribution in [0.2, 0.25) is 0 Å². The molecule has 0 atom stereocenters. The Morgan fingerprint density at radius 1 is 1.59 bits per heavy atom. The first-order valence-corrected chi connectivity index (χ1v) is 5.22. The number of nitrogens with zero attached hydrogens (tertiary/aromatic N) is 1. The molecule has 1 aromatic rings. The van der Waals surface area contributed by atoms with E-state index >= 15 is 0 Å².